The fourth-order valence-corrected chi connectivity index (χ4v) is 10.8. The predicted molar refractivity (Wildman–Crippen MR) is 169 cm³/mol. The first-order valence-electron chi connectivity index (χ1n) is 15.3. The monoisotopic (exact) mass is 636 g/mol. The van der Waals surface area contributed by atoms with Gasteiger partial charge in [0.25, 0.3) is 0 Å². The third-order valence-electron chi connectivity index (χ3n) is 11.2. The molecule has 2 heterocycles. The van der Waals surface area contributed by atoms with Crippen LogP contribution in [0.2, 0.25) is 0 Å². The molecule has 0 spiro atoms. The number of carbonyl (C=O) groups excluding carboxylic acids is 2. The van der Waals surface area contributed by atoms with Crippen LogP contribution in [0.15, 0.2) is 58.8 Å². The smallest absolute Gasteiger partial charge is 0.375 e. The van der Waals surface area contributed by atoms with Crippen LogP contribution >= 0.6 is 23.5 Å². The fraction of sp³-hybridized carbons (Fsp3) is 0.500. The molecular formula is C34H37FN2O5S2. The van der Waals surface area contributed by atoms with E-state index in [0.29, 0.717) is 17.9 Å². The molecule has 7 nitrogen and oxygen atoms in total. The van der Waals surface area contributed by atoms with Crippen molar-refractivity contribution in [2.24, 2.45) is 28.6 Å². The average molecular weight is 637 g/mol. The summed E-state index contributed by atoms with van der Waals surface area (Å²) in [6.45, 7) is 4.34. The molecule has 1 aromatic carbocycles. The average Bonchev–Trinajstić information content (AvgIpc) is 3.73. The van der Waals surface area contributed by atoms with Gasteiger partial charge >= 0.3 is 5.97 Å². The second-order valence-electron chi connectivity index (χ2n) is 13.3. The summed E-state index contributed by atoms with van der Waals surface area (Å²) in [4.78, 5) is 27.4. The van der Waals surface area contributed by atoms with Crippen molar-refractivity contribution in [3.05, 3.63) is 77.3 Å². The number of aliphatic hydroxyl groups is 1. The molecular weight excluding hydrogens is 600 g/mol. The summed E-state index contributed by atoms with van der Waals surface area (Å²) in [7, 11) is 0. The van der Waals surface area contributed by atoms with Crippen molar-refractivity contribution in [2.45, 2.75) is 64.1 Å². The lowest BCUT2D eigenvalue weighted by atomic mass is 9.45. The molecule has 4 aliphatic carbocycles. The van der Waals surface area contributed by atoms with Crippen LogP contribution in [0.5, 0.6) is 0 Å². The Bertz CT molecular complexity index is 1620. The van der Waals surface area contributed by atoms with Crippen molar-refractivity contribution in [3.8, 4) is 5.69 Å². The summed E-state index contributed by atoms with van der Waals surface area (Å²) < 4.78 is 27.1. The maximum Gasteiger partial charge on any atom is 0.375 e. The second kappa shape index (κ2) is 10.9. The van der Waals surface area contributed by atoms with Crippen LogP contribution in [-0.2, 0) is 16.0 Å². The lowest BCUT2D eigenvalue weighted by molar-refractivity contribution is -0.175. The molecule has 0 bridgehead atoms. The van der Waals surface area contributed by atoms with E-state index in [1.807, 2.05) is 17.1 Å². The van der Waals surface area contributed by atoms with Gasteiger partial charge < -0.3 is 14.3 Å². The zero-order valence-electron chi connectivity index (χ0n) is 25.1. The summed E-state index contributed by atoms with van der Waals surface area (Å²) in [6, 6.07) is 9.56. The number of benzene rings is 1. The number of hydrogen-bond donors (Lipinski definition) is 1. The Kier molecular flexibility index (Phi) is 7.41. The van der Waals surface area contributed by atoms with E-state index in [0.717, 1.165) is 42.6 Å². The van der Waals surface area contributed by atoms with Crippen molar-refractivity contribution < 1.29 is 28.2 Å². The fourth-order valence-electron chi connectivity index (χ4n) is 9.34. The van der Waals surface area contributed by atoms with E-state index in [4.69, 9.17) is 9.15 Å². The molecule has 232 valence electrons. The number of ether oxygens (including phenoxy) is 1. The van der Waals surface area contributed by atoms with Gasteiger partial charge in [0.1, 0.15) is 5.82 Å². The first-order chi connectivity index (χ1) is 21.1. The summed E-state index contributed by atoms with van der Waals surface area (Å²) in [5.41, 5.74) is 1.89. The summed E-state index contributed by atoms with van der Waals surface area (Å²) >= 11 is 2.77. The largest absolute Gasteiger partial charge is 0.457 e. The maximum atomic E-state index is 14.0. The number of esters is 1. The molecule has 4 aliphatic rings. The third-order valence-corrected chi connectivity index (χ3v) is 13.2. The Morgan fingerprint density at radius 1 is 1.20 bits per heavy atom. The maximum absolute atomic E-state index is 14.0. The van der Waals surface area contributed by atoms with E-state index in [-0.39, 0.29) is 39.9 Å². The van der Waals surface area contributed by atoms with Gasteiger partial charge in [-0.15, -0.1) is 0 Å². The van der Waals surface area contributed by atoms with Crippen LogP contribution in [0.25, 0.3) is 11.8 Å². The Balaban J connectivity index is 1.22. The van der Waals surface area contributed by atoms with Crippen molar-refractivity contribution in [1.82, 2.24) is 9.78 Å². The summed E-state index contributed by atoms with van der Waals surface area (Å²) in [5, 5.41) is 17.2. The number of aliphatic hydroxyl groups excluding tert-OH is 1. The van der Waals surface area contributed by atoms with E-state index in [2.05, 4.69) is 25.0 Å². The zero-order valence-corrected chi connectivity index (χ0v) is 26.8. The second-order valence-corrected chi connectivity index (χ2v) is 15.5. The van der Waals surface area contributed by atoms with Gasteiger partial charge in [0, 0.05) is 10.5 Å². The molecule has 1 N–H and O–H groups in total. The molecule has 3 saturated carbocycles. The minimum absolute atomic E-state index is 0.00609. The number of thioether (sulfide) groups is 2. The van der Waals surface area contributed by atoms with Gasteiger partial charge in [0.05, 0.1) is 29.9 Å². The minimum Gasteiger partial charge on any atom is -0.457 e. The van der Waals surface area contributed by atoms with Gasteiger partial charge in [-0.2, -0.15) is 16.9 Å². The molecule has 2 aromatic heterocycles. The van der Waals surface area contributed by atoms with Crippen molar-refractivity contribution in [3.63, 3.8) is 0 Å². The number of allylic oxidation sites excluding steroid dienone is 1. The SMILES string of the molecule is CSCSC(=O)[C@@]1(OC(=O)c2ccco2)CCC2C3CCC4=Cc5c(cnn5-c5ccc(F)cc5)C[C@]4(C)[C@H]3[C@@H](O)C[C@@]21C. The highest BCUT2D eigenvalue weighted by atomic mass is 32.2. The highest BCUT2D eigenvalue weighted by molar-refractivity contribution is 8.23. The van der Waals surface area contributed by atoms with E-state index >= 15 is 0 Å². The van der Waals surface area contributed by atoms with Crippen LogP contribution in [0, 0.1) is 34.4 Å². The van der Waals surface area contributed by atoms with E-state index in [9.17, 15) is 19.1 Å². The number of rotatable bonds is 6. The number of nitrogens with zero attached hydrogens (tertiary/aromatic N) is 2. The number of hydrogen-bond acceptors (Lipinski definition) is 8. The molecule has 0 saturated heterocycles. The van der Waals surface area contributed by atoms with Gasteiger partial charge in [0.15, 0.2) is 5.60 Å². The molecule has 0 aliphatic heterocycles. The predicted octanol–water partition coefficient (Wildman–Crippen LogP) is 6.93. The van der Waals surface area contributed by atoms with E-state index in [1.54, 1.807) is 36.0 Å². The van der Waals surface area contributed by atoms with Crippen molar-refractivity contribution in [1.29, 1.82) is 0 Å². The lowest BCUT2D eigenvalue weighted by Crippen LogP contribution is -2.62. The Hall–Kier alpha value is -2.82. The summed E-state index contributed by atoms with van der Waals surface area (Å²) in [5.74, 6) is -0.567. The first-order valence-corrected chi connectivity index (χ1v) is 17.6. The molecule has 0 amide bonds. The van der Waals surface area contributed by atoms with Crippen LogP contribution in [-0.4, -0.2) is 49.0 Å². The Morgan fingerprint density at radius 3 is 2.73 bits per heavy atom. The Morgan fingerprint density at radius 2 is 2.00 bits per heavy atom. The number of fused-ring (bicyclic) bond motifs is 6. The molecule has 2 unspecified atom stereocenters. The van der Waals surface area contributed by atoms with Crippen LogP contribution in [0.3, 0.4) is 0 Å². The van der Waals surface area contributed by atoms with Gasteiger partial charge in [-0.25, -0.2) is 13.9 Å². The highest BCUT2D eigenvalue weighted by Gasteiger charge is 2.70. The molecule has 3 fully saturated rings. The quantitative estimate of drug-likeness (QED) is 0.230. The standard InChI is InChI=1S/C34H37FN2O5S2/c1-32-16-20-18-36-37(23-9-7-22(35)8-10-23)26(20)15-21(32)6-11-24-25-12-13-34(31(40)44-19-43-3,33(25,2)17-27(38)29(24)32)42-30(39)28-5-4-14-41-28/h4-5,7-10,14-15,18,24-25,27,29,38H,6,11-13,16-17,19H2,1-3H3/t24?,25?,27-,29+,32-,33-,34-/m0/s1. The highest BCUT2D eigenvalue weighted by Crippen LogP contribution is 2.69. The molecule has 7 rings (SSSR count). The van der Waals surface area contributed by atoms with Crippen molar-refractivity contribution >= 4 is 40.7 Å². The van der Waals surface area contributed by atoms with Gasteiger partial charge in [-0.3, -0.25) is 4.79 Å². The molecule has 44 heavy (non-hydrogen) atoms. The minimum atomic E-state index is -1.35. The first kappa shape index (κ1) is 29.9. The van der Waals surface area contributed by atoms with E-state index in [1.165, 1.54) is 35.7 Å². The normalized spacial score (nSPS) is 33.9. The lowest BCUT2D eigenvalue weighted by Gasteiger charge is -2.60. The van der Waals surface area contributed by atoms with Gasteiger partial charge in [-0.1, -0.05) is 31.2 Å². The third kappa shape index (κ3) is 4.38. The Labute approximate surface area is 265 Å². The number of halogens is 1. The topological polar surface area (TPSA) is 94.6 Å². The number of aromatic nitrogens is 2. The van der Waals surface area contributed by atoms with Crippen LogP contribution in [0.1, 0.15) is 67.8 Å². The number of carbonyl (C=O) groups is 2. The van der Waals surface area contributed by atoms with Gasteiger partial charge in [-0.05, 0) is 116 Å². The van der Waals surface area contributed by atoms with E-state index < -0.39 is 23.1 Å². The molecule has 7 atom stereocenters. The molecule has 10 heteroatoms. The number of furan rings is 1. The summed E-state index contributed by atoms with van der Waals surface area (Å²) in [6.07, 6.45) is 10.9. The van der Waals surface area contributed by atoms with Crippen molar-refractivity contribution in [2.75, 3.05) is 11.3 Å². The van der Waals surface area contributed by atoms with Crippen LogP contribution in [0.4, 0.5) is 4.39 Å². The molecule has 3 aromatic rings. The molecule has 0 radical (unpaired) electrons. The zero-order chi connectivity index (χ0) is 30.9. The van der Waals surface area contributed by atoms with Gasteiger partial charge in [0.2, 0.25) is 10.9 Å². The van der Waals surface area contributed by atoms with Crippen LogP contribution < -0.4 is 0 Å².